The van der Waals surface area contributed by atoms with E-state index < -0.39 is 0 Å². The Morgan fingerprint density at radius 3 is 2.74 bits per heavy atom. The number of halogens is 1. The molecule has 168 valence electrons. The van der Waals surface area contributed by atoms with Crippen molar-refractivity contribution >= 4 is 41.3 Å². The number of rotatable bonds is 10. The van der Waals surface area contributed by atoms with Crippen molar-refractivity contribution in [1.82, 2.24) is 25.0 Å². The number of thiophene rings is 1. The summed E-state index contributed by atoms with van der Waals surface area (Å²) in [5, 5.41) is 13.8. The zero-order valence-corrected chi connectivity index (χ0v) is 21.5. The predicted molar refractivity (Wildman–Crippen MR) is 138 cm³/mol. The molecule has 3 rings (SSSR count). The van der Waals surface area contributed by atoms with Crippen LogP contribution in [-0.2, 0) is 25.9 Å². The first kappa shape index (κ1) is 25.1. The number of hydrogen-bond acceptors (Lipinski definition) is 5. The molecular weight excluding hydrogens is 523 g/mol. The van der Waals surface area contributed by atoms with Gasteiger partial charge in [0.2, 0.25) is 0 Å². The summed E-state index contributed by atoms with van der Waals surface area (Å²) in [6, 6.07) is 12.4. The van der Waals surface area contributed by atoms with Crippen LogP contribution in [0, 0.1) is 0 Å². The molecule has 0 unspecified atom stereocenters. The summed E-state index contributed by atoms with van der Waals surface area (Å²) >= 11 is 1.78. The molecule has 0 atom stereocenters. The lowest BCUT2D eigenvalue weighted by atomic mass is 10.2. The fourth-order valence-corrected chi connectivity index (χ4v) is 3.84. The standard InChI is InChI=1S/C22H30N6OS.HI/c1-4-21-26-25-17-28(21)14-13-24-22(23-12-11-20-6-5-15-30-20)27(2)16-18-7-9-19(29-3)10-8-18;/h5-10,15,17H,4,11-14,16H2,1-3H3,(H,23,24);1H. The Morgan fingerprint density at radius 2 is 2.06 bits per heavy atom. The van der Waals surface area contributed by atoms with Crippen molar-refractivity contribution in [2.75, 3.05) is 27.2 Å². The highest BCUT2D eigenvalue weighted by Gasteiger charge is 2.09. The van der Waals surface area contributed by atoms with Gasteiger partial charge in [0.05, 0.1) is 7.11 Å². The van der Waals surface area contributed by atoms with Crippen molar-refractivity contribution in [1.29, 1.82) is 0 Å². The molecule has 31 heavy (non-hydrogen) atoms. The Morgan fingerprint density at radius 1 is 1.26 bits per heavy atom. The van der Waals surface area contributed by atoms with Gasteiger partial charge in [-0.15, -0.1) is 45.5 Å². The smallest absolute Gasteiger partial charge is 0.194 e. The van der Waals surface area contributed by atoms with E-state index in [1.165, 1.54) is 10.4 Å². The van der Waals surface area contributed by atoms with Crippen LogP contribution in [0.2, 0.25) is 0 Å². The molecule has 0 saturated heterocycles. The van der Waals surface area contributed by atoms with E-state index >= 15 is 0 Å². The first-order chi connectivity index (χ1) is 14.7. The monoisotopic (exact) mass is 554 g/mol. The molecule has 0 saturated carbocycles. The van der Waals surface area contributed by atoms with Gasteiger partial charge in [-0.25, -0.2) is 0 Å². The van der Waals surface area contributed by atoms with E-state index in [9.17, 15) is 0 Å². The number of benzene rings is 1. The number of ether oxygens (including phenoxy) is 1. The second-order valence-electron chi connectivity index (χ2n) is 6.96. The highest BCUT2D eigenvalue weighted by molar-refractivity contribution is 14.0. The van der Waals surface area contributed by atoms with Crippen LogP contribution in [0.5, 0.6) is 5.75 Å². The van der Waals surface area contributed by atoms with E-state index in [0.29, 0.717) is 0 Å². The average Bonchev–Trinajstić information content (AvgIpc) is 3.45. The van der Waals surface area contributed by atoms with Crippen molar-refractivity contribution in [2.45, 2.75) is 32.9 Å². The predicted octanol–water partition coefficient (Wildman–Crippen LogP) is 3.85. The number of nitrogens with zero attached hydrogens (tertiary/aromatic N) is 5. The maximum Gasteiger partial charge on any atom is 0.194 e. The number of aliphatic imine (C=N–C) groups is 1. The highest BCUT2D eigenvalue weighted by Crippen LogP contribution is 2.13. The van der Waals surface area contributed by atoms with E-state index in [4.69, 9.17) is 9.73 Å². The van der Waals surface area contributed by atoms with Gasteiger partial charge in [-0.05, 0) is 29.1 Å². The number of hydrogen-bond donors (Lipinski definition) is 1. The van der Waals surface area contributed by atoms with Crippen LogP contribution >= 0.6 is 35.3 Å². The average molecular weight is 555 g/mol. The molecule has 0 aliphatic carbocycles. The van der Waals surface area contributed by atoms with Crippen molar-refractivity contribution < 1.29 is 4.74 Å². The van der Waals surface area contributed by atoms with Crippen LogP contribution in [0.25, 0.3) is 0 Å². The summed E-state index contributed by atoms with van der Waals surface area (Å²) in [4.78, 5) is 8.37. The van der Waals surface area contributed by atoms with Gasteiger partial charge in [0.25, 0.3) is 0 Å². The zero-order chi connectivity index (χ0) is 21.2. The van der Waals surface area contributed by atoms with Crippen LogP contribution in [0.15, 0.2) is 53.1 Å². The van der Waals surface area contributed by atoms with Crippen LogP contribution in [-0.4, -0.2) is 52.9 Å². The molecule has 2 aromatic heterocycles. The molecule has 0 radical (unpaired) electrons. The SMILES string of the molecule is CCc1nncn1CCNC(=NCCc1cccs1)N(C)Cc1ccc(OC)cc1.I. The Labute approximate surface area is 205 Å². The lowest BCUT2D eigenvalue weighted by molar-refractivity contribution is 0.414. The molecule has 7 nitrogen and oxygen atoms in total. The number of methoxy groups -OCH3 is 1. The van der Waals surface area contributed by atoms with Crippen molar-refractivity contribution in [2.24, 2.45) is 4.99 Å². The van der Waals surface area contributed by atoms with E-state index in [1.807, 2.05) is 12.1 Å². The molecule has 1 aromatic carbocycles. The molecule has 0 amide bonds. The molecule has 0 fully saturated rings. The summed E-state index contributed by atoms with van der Waals surface area (Å²) < 4.78 is 7.34. The van der Waals surface area contributed by atoms with Crippen LogP contribution < -0.4 is 10.1 Å². The fraction of sp³-hybridized carbons (Fsp3) is 0.409. The number of guanidine groups is 1. The molecule has 0 aliphatic heterocycles. The van der Waals surface area contributed by atoms with Crippen LogP contribution in [0.1, 0.15) is 23.2 Å². The normalized spacial score (nSPS) is 11.1. The van der Waals surface area contributed by atoms with Crippen molar-refractivity contribution in [3.63, 3.8) is 0 Å². The summed E-state index contributed by atoms with van der Waals surface area (Å²) in [7, 11) is 3.75. The largest absolute Gasteiger partial charge is 0.497 e. The van der Waals surface area contributed by atoms with Gasteiger partial charge in [-0.2, -0.15) is 0 Å². The summed E-state index contributed by atoms with van der Waals surface area (Å²) in [5.41, 5.74) is 1.21. The minimum Gasteiger partial charge on any atom is -0.497 e. The van der Waals surface area contributed by atoms with Gasteiger partial charge in [0, 0.05) is 50.9 Å². The Balaban J connectivity index is 0.00000341. The second kappa shape index (κ2) is 13.3. The fourth-order valence-electron chi connectivity index (χ4n) is 3.15. The van der Waals surface area contributed by atoms with E-state index in [0.717, 1.165) is 56.6 Å². The Hall–Kier alpha value is -2.14. The van der Waals surface area contributed by atoms with E-state index in [-0.39, 0.29) is 24.0 Å². The minimum atomic E-state index is 0. The third-order valence-electron chi connectivity index (χ3n) is 4.79. The van der Waals surface area contributed by atoms with Gasteiger partial charge in [-0.1, -0.05) is 25.1 Å². The zero-order valence-electron chi connectivity index (χ0n) is 18.3. The van der Waals surface area contributed by atoms with Crippen LogP contribution in [0.4, 0.5) is 0 Å². The first-order valence-electron chi connectivity index (χ1n) is 10.2. The van der Waals surface area contributed by atoms with Gasteiger partial charge in [-0.3, -0.25) is 4.99 Å². The van der Waals surface area contributed by atoms with Gasteiger partial charge < -0.3 is 19.5 Å². The van der Waals surface area contributed by atoms with E-state index in [2.05, 4.69) is 68.6 Å². The minimum absolute atomic E-state index is 0. The summed E-state index contributed by atoms with van der Waals surface area (Å²) in [5.74, 6) is 2.76. The molecule has 9 heteroatoms. The third kappa shape index (κ3) is 7.80. The first-order valence-corrected chi connectivity index (χ1v) is 11.1. The maximum absolute atomic E-state index is 5.26. The summed E-state index contributed by atoms with van der Waals surface area (Å²) in [6.45, 7) is 5.17. The number of aromatic nitrogens is 3. The molecule has 3 aromatic rings. The Kier molecular flexibility index (Phi) is 10.8. The highest BCUT2D eigenvalue weighted by atomic mass is 127. The van der Waals surface area contributed by atoms with Crippen molar-refractivity contribution in [3.8, 4) is 5.75 Å². The quantitative estimate of drug-likeness (QED) is 0.234. The van der Waals surface area contributed by atoms with Gasteiger partial charge in [0.1, 0.15) is 17.9 Å². The van der Waals surface area contributed by atoms with Crippen LogP contribution in [0.3, 0.4) is 0 Å². The third-order valence-corrected chi connectivity index (χ3v) is 5.72. The molecule has 2 heterocycles. The molecule has 0 bridgehead atoms. The Bertz CT molecular complexity index is 910. The lowest BCUT2D eigenvalue weighted by Crippen LogP contribution is -2.40. The molecule has 0 spiro atoms. The lowest BCUT2D eigenvalue weighted by Gasteiger charge is -2.23. The molecule has 1 N–H and O–H groups in total. The van der Waals surface area contributed by atoms with Gasteiger partial charge in [0.15, 0.2) is 5.96 Å². The topological polar surface area (TPSA) is 67.6 Å². The maximum atomic E-state index is 5.26. The second-order valence-corrected chi connectivity index (χ2v) is 7.99. The van der Waals surface area contributed by atoms with Gasteiger partial charge >= 0.3 is 0 Å². The van der Waals surface area contributed by atoms with E-state index in [1.54, 1.807) is 24.8 Å². The summed E-state index contributed by atoms with van der Waals surface area (Å²) in [6.07, 6.45) is 3.61. The van der Waals surface area contributed by atoms with Crippen molar-refractivity contribution in [3.05, 3.63) is 64.4 Å². The molecule has 0 aliphatic rings. The number of nitrogens with one attached hydrogen (secondary N) is 1. The molecular formula is C22H31IN6OS. The number of aryl methyl sites for hydroxylation is 1.